The van der Waals surface area contributed by atoms with E-state index in [0.29, 0.717) is 6.54 Å². The largest absolute Gasteiger partial charge is 0.416 e. The van der Waals surface area contributed by atoms with Crippen LogP contribution in [0.15, 0.2) is 48.5 Å². The zero-order valence-electron chi connectivity index (χ0n) is 15.1. The molecule has 0 unspecified atom stereocenters. The number of carbonyl (C=O) groups is 2. The maximum atomic E-state index is 12.9. The van der Waals surface area contributed by atoms with Gasteiger partial charge >= 0.3 is 6.18 Å². The van der Waals surface area contributed by atoms with E-state index in [2.05, 4.69) is 5.32 Å². The van der Waals surface area contributed by atoms with Crippen molar-refractivity contribution in [2.75, 3.05) is 11.4 Å². The number of aryl methyl sites for hydroxylation is 1. The van der Waals surface area contributed by atoms with Gasteiger partial charge in [0.1, 0.15) is 0 Å². The van der Waals surface area contributed by atoms with Crippen molar-refractivity contribution < 1.29 is 22.8 Å². The van der Waals surface area contributed by atoms with Gasteiger partial charge in [-0.2, -0.15) is 13.2 Å². The molecule has 2 aromatic rings. The van der Waals surface area contributed by atoms with E-state index in [4.69, 9.17) is 0 Å². The van der Waals surface area contributed by atoms with Crippen LogP contribution in [0.3, 0.4) is 0 Å². The number of hydrogen-bond donors (Lipinski definition) is 1. The van der Waals surface area contributed by atoms with E-state index in [0.717, 1.165) is 23.3 Å². The summed E-state index contributed by atoms with van der Waals surface area (Å²) in [6.45, 7) is 3.57. The molecule has 0 spiro atoms. The van der Waals surface area contributed by atoms with Gasteiger partial charge in [0, 0.05) is 32.1 Å². The van der Waals surface area contributed by atoms with Gasteiger partial charge in [0.05, 0.1) is 5.56 Å². The average molecular weight is 378 g/mol. The zero-order chi connectivity index (χ0) is 20.0. The number of amides is 2. The molecule has 2 aromatic carbocycles. The number of nitrogens with zero attached hydrogens (tertiary/aromatic N) is 1. The quantitative estimate of drug-likeness (QED) is 0.824. The van der Waals surface area contributed by atoms with Crippen LogP contribution >= 0.6 is 0 Å². The van der Waals surface area contributed by atoms with Crippen LogP contribution in [-0.2, 0) is 22.3 Å². The lowest BCUT2D eigenvalue weighted by atomic mass is 10.1. The summed E-state index contributed by atoms with van der Waals surface area (Å²) >= 11 is 0. The lowest BCUT2D eigenvalue weighted by Crippen LogP contribution is -2.33. The van der Waals surface area contributed by atoms with Gasteiger partial charge in [-0.3, -0.25) is 9.59 Å². The summed E-state index contributed by atoms with van der Waals surface area (Å²) < 4.78 is 38.6. The van der Waals surface area contributed by atoms with Gasteiger partial charge in [-0.05, 0) is 30.7 Å². The molecule has 0 saturated carbocycles. The lowest BCUT2D eigenvalue weighted by Gasteiger charge is -2.22. The lowest BCUT2D eigenvalue weighted by molar-refractivity contribution is -0.137. The highest BCUT2D eigenvalue weighted by Gasteiger charge is 2.31. The third-order valence-corrected chi connectivity index (χ3v) is 4.04. The Morgan fingerprint density at radius 1 is 1.07 bits per heavy atom. The van der Waals surface area contributed by atoms with Crippen molar-refractivity contribution in [2.45, 2.75) is 33.0 Å². The molecule has 4 nitrogen and oxygen atoms in total. The van der Waals surface area contributed by atoms with Crippen molar-refractivity contribution in [3.63, 3.8) is 0 Å². The Hall–Kier alpha value is -2.83. The molecule has 0 atom stereocenters. The molecular formula is C20H21F3N2O2. The maximum absolute atomic E-state index is 12.9. The molecule has 0 heterocycles. The summed E-state index contributed by atoms with van der Waals surface area (Å²) in [6, 6.07) is 12.2. The van der Waals surface area contributed by atoms with Crippen LogP contribution in [0, 0.1) is 6.92 Å². The van der Waals surface area contributed by atoms with Gasteiger partial charge in [-0.25, -0.2) is 0 Å². The fourth-order valence-corrected chi connectivity index (χ4v) is 2.53. The number of rotatable bonds is 6. The predicted octanol–water partition coefficient (Wildman–Crippen LogP) is 4.07. The minimum atomic E-state index is -4.50. The zero-order valence-corrected chi connectivity index (χ0v) is 15.1. The van der Waals surface area contributed by atoms with E-state index in [1.165, 1.54) is 24.0 Å². The fraction of sp³-hybridized carbons (Fsp3) is 0.300. The molecule has 1 N–H and O–H groups in total. The second-order valence-corrected chi connectivity index (χ2v) is 6.23. The van der Waals surface area contributed by atoms with Crippen LogP contribution in [0.2, 0.25) is 0 Å². The van der Waals surface area contributed by atoms with Gasteiger partial charge in [0.2, 0.25) is 11.8 Å². The smallest absolute Gasteiger partial charge is 0.352 e. The maximum Gasteiger partial charge on any atom is 0.416 e. The molecule has 7 heteroatoms. The second kappa shape index (κ2) is 8.70. The minimum Gasteiger partial charge on any atom is -0.352 e. The number of benzene rings is 2. The summed E-state index contributed by atoms with van der Waals surface area (Å²) in [5.41, 5.74) is 1.33. The number of nitrogens with one attached hydrogen (secondary N) is 1. The first-order valence-corrected chi connectivity index (χ1v) is 8.44. The Balaban J connectivity index is 1.97. The van der Waals surface area contributed by atoms with Crippen molar-refractivity contribution >= 4 is 17.5 Å². The number of anilines is 1. The second-order valence-electron chi connectivity index (χ2n) is 6.23. The van der Waals surface area contributed by atoms with Gasteiger partial charge < -0.3 is 10.2 Å². The molecular weight excluding hydrogens is 357 g/mol. The first kappa shape index (κ1) is 20.5. The molecule has 0 aliphatic heterocycles. The molecule has 0 fully saturated rings. The van der Waals surface area contributed by atoms with E-state index in [1.807, 2.05) is 31.2 Å². The highest BCUT2D eigenvalue weighted by molar-refractivity contribution is 5.92. The molecule has 0 aliphatic rings. The standard InChI is InChI=1S/C20H21F3N2O2/c1-14-6-8-16(9-7-14)13-24-19(27)10-11-25(15(2)26)18-5-3-4-17(12-18)20(21,22)23/h3-9,12H,10-11,13H2,1-2H3,(H,24,27). The summed E-state index contributed by atoms with van der Waals surface area (Å²) in [7, 11) is 0. The summed E-state index contributed by atoms with van der Waals surface area (Å²) in [4.78, 5) is 25.0. The number of hydrogen-bond acceptors (Lipinski definition) is 2. The van der Waals surface area contributed by atoms with Gasteiger partial charge in [0.15, 0.2) is 0 Å². The summed E-state index contributed by atoms with van der Waals surface area (Å²) in [5, 5.41) is 2.74. The molecule has 27 heavy (non-hydrogen) atoms. The van der Waals surface area contributed by atoms with E-state index < -0.39 is 17.6 Å². The first-order valence-electron chi connectivity index (χ1n) is 8.44. The molecule has 2 rings (SSSR count). The van der Waals surface area contributed by atoms with Crippen molar-refractivity contribution in [2.24, 2.45) is 0 Å². The fourth-order valence-electron chi connectivity index (χ4n) is 2.53. The van der Waals surface area contributed by atoms with Crippen LogP contribution in [-0.4, -0.2) is 18.4 Å². The third-order valence-electron chi connectivity index (χ3n) is 4.04. The Labute approximate surface area is 156 Å². The minimum absolute atomic E-state index is 0.00360. The molecule has 0 aromatic heterocycles. The normalized spacial score (nSPS) is 11.1. The van der Waals surface area contributed by atoms with Gasteiger partial charge in [0.25, 0.3) is 0 Å². The van der Waals surface area contributed by atoms with Crippen LogP contribution in [0.25, 0.3) is 0 Å². The molecule has 0 aliphatic carbocycles. The number of halogens is 3. The number of alkyl halides is 3. The average Bonchev–Trinajstić information content (AvgIpc) is 2.60. The van der Waals surface area contributed by atoms with Crippen molar-refractivity contribution in [3.8, 4) is 0 Å². The molecule has 0 bridgehead atoms. The topological polar surface area (TPSA) is 49.4 Å². The summed E-state index contributed by atoms with van der Waals surface area (Å²) in [5.74, 6) is -0.713. The molecule has 0 saturated heterocycles. The van der Waals surface area contributed by atoms with Crippen LogP contribution in [0.4, 0.5) is 18.9 Å². The SMILES string of the molecule is CC(=O)N(CCC(=O)NCc1ccc(C)cc1)c1cccc(C(F)(F)F)c1. The van der Waals surface area contributed by atoms with E-state index in [-0.39, 0.29) is 24.6 Å². The van der Waals surface area contributed by atoms with Crippen LogP contribution in [0.5, 0.6) is 0 Å². The molecule has 0 radical (unpaired) electrons. The van der Waals surface area contributed by atoms with Crippen molar-refractivity contribution in [3.05, 3.63) is 65.2 Å². The molecule has 144 valence electrons. The Kier molecular flexibility index (Phi) is 6.60. The Bertz CT molecular complexity index is 802. The first-order chi connectivity index (χ1) is 12.7. The summed E-state index contributed by atoms with van der Waals surface area (Å²) in [6.07, 6.45) is -4.51. The van der Waals surface area contributed by atoms with E-state index in [1.54, 1.807) is 0 Å². The van der Waals surface area contributed by atoms with E-state index in [9.17, 15) is 22.8 Å². The Morgan fingerprint density at radius 2 is 1.74 bits per heavy atom. The van der Waals surface area contributed by atoms with Crippen LogP contribution in [0.1, 0.15) is 30.0 Å². The number of carbonyl (C=O) groups excluding carboxylic acids is 2. The van der Waals surface area contributed by atoms with Crippen LogP contribution < -0.4 is 10.2 Å². The Morgan fingerprint density at radius 3 is 2.33 bits per heavy atom. The highest BCUT2D eigenvalue weighted by Crippen LogP contribution is 2.31. The molecule has 2 amide bonds. The van der Waals surface area contributed by atoms with Crippen molar-refractivity contribution in [1.29, 1.82) is 0 Å². The third kappa shape index (κ3) is 6.13. The highest BCUT2D eigenvalue weighted by atomic mass is 19.4. The van der Waals surface area contributed by atoms with Gasteiger partial charge in [-0.15, -0.1) is 0 Å². The van der Waals surface area contributed by atoms with Crippen molar-refractivity contribution in [1.82, 2.24) is 5.32 Å². The van der Waals surface area contributed by atoms with Gasteiger partial charge in [-0.1, -0.05) is 35.9 Å². The van der Waals surface area contributed by atoms with E-state index >= 15 is 0 Å². The predicted molar refractivity (Wildman–Crippen MR) is 97.1 cm³/mol. The monoisotopic (exact) mass is 378 g/mol.